The molecule has 0 saturated heterocycles. The van der Waals surface area contributed by atoms with Crippen LogP contribution in [0.3, 0.4) is 0 Å². The predicted octanol–water partition coefficient (Wildman–Crippen LogP) is 5.69. The van der Waals surface area contributed by atoms with Gasteiger partial charge in [0, 0.05) is 16.1 Å². The zero-order valence-electron chi connectivity index (χ0n) is 16.1. The summed E-state index contributed by atoms with van der Waals surface area (Å²) in [5.41, 5.74) is -5.39. The summed E-state index contributed by atoms with van der Waals surface area (Å²) < 4.78 is 67.2. The third-order valence-electron chi connectivity index (χ3n) is 4.65. The van der Waals surface area contributed by atoms with Crippen molar-refractivity contribution in [3.05, 3.63) is 0 Å². The van der Waals surface area contributed by atoms with Gasteiger partial charge in [-0.15, -0.1) is 15.3 Å². The minimum absolute atomic E-state index is 0.446. The van der Waals surface area contributed by atoms with Crippen LogP contribution < -0.4 is 0 Å². The van der Waals surface area contributed by atoms with Crippen LogP contribution in [-0.4, -0.2) is 45.1 Å². The topological polar surface area (TPSA) is 43.4 Å². The second kappa shape index (κ2) is 6.58. The highest BCUT2D eigenvalue weighted by Crippen LogP contribution is 2.62. The van der Waals surface area contributed by atoms with E-state index in [0.717, 1.165) is 0 Å². The number of hydrogen-bond donors (Lipinski definition) is 0. The minimum atomic E-state index is -5.61. The molecular formula is C12H30BrF3O3SSi4. The molecule has 146 valence electrons. The summed E-state index contributed by atoms with van der Waals surface area (Å²) in [6, 6.07) is 0. The van der Waals surface area contributed by atoms with E-state index in [1.54, 1.807) is 13.1 Å². The molecule has 3 nitrogen and oxygen atoms in total. The van der Waals surface area contributed by atoms with E-state index in [0.29, 0.717) is 0 Å². The SMILES string of the molecule is C[Si](C)(C)C([Si](C)(C)C)([Si](C)(C)Br)[Si](C)(C)OS(=O)(=O)C(F)(F)F. The summed E-state index contributed by atoms with van der Waals surface area (Å²) in [5.74, 6) is 0. The molecule has 0 aromatic heterocycles. The molecule has 0 rings (SSSR count). The van der Waals surface area contributed by atoms with Gasteiger partial charge in [-0.1, -0.05) is 52.4 Å². The summed E-state index contributed by atoms with van der Waals surface area (Å²) in [6.07, 6.45) is 0. The van der Waals surface area contributed by atoms with Crippen molar-refractivity contribution in [2.24, 2.45) is 0 Å². The van der Waals surface area contributed by atoms with E-state index >= 15 is 0 Å². The van der Waals surface area contributed by atoms with Crippen LogP contribution in [0.15, 0.2) is 0 Å². The molecule has 0 aliphatic rings. The van der Waals surface area contributed by atoms with Crippen molar-refractivity contribution in [2.75, 3.05) is 0 Å². The van der Waals surface area contributed by atoms with E-state index in [2.05, 4.69) is 67.7 Å². The number of alkyl halides is 3. The molecule has 0 aliphatic heterocycles. The lowest BCUT2D eigenvalue weighted by Crippen LogP contribution is -2.76. The first kappa shape index (κ1) is 25.0. The third kappa shape index (κ3) is 4.14. The lowest BCUT2D eigenvalue weighted by Gasteiger charge is -2.63. The molecule has 0 amide bonds. The van der Waals surface area contributed by atoms with Crippen molar-refractivity contribution in [1.82, 2.24) is 0 Å². The Bertz CT molecular complexity index is 536. The van der Waals surface area contributed by atoms with Gasteiger partial charge >= 0.3 is 15.6 Å². The van der Waals surface area contributed by atoms with Crippen LogP contribution in [0, 0.1) is 0 Å². The van der Waals surface area contributed by atoms with Crippen molar-refractivity contribution in [3.8, 4) is 0 Å². The van der Waals surface area contributed by atoms with Gasteiger partial charge in [-0.25, -0.2) is 0 Å². The molecule has 0 spiro atoms. The van der Waals surface area contributed by atoms with Gasteiger partial charge in [0.15, 0.2) is 0 Å². The van der Waals surface area contributed by atoms with E-state index in [9.17, 15) is 21.6 Å². The quantitative estimate of drug-likeness (QED) is 0.266. The maximum Gasteiger partial charge on any atom is 0.522 e. The van der Waals surface area contributed by atoms with E-state index < -0.39 is 50.7 Å². The lowest BCUT2D eigenvalue weighted by atomic mass is 11.6. The van der Waals surface area contributed by atoms with Gasteiger partial charge in [0.05, 0.1) is 0 Å². The number of halogens is 4. The van der Waals surface area contributed by atoms with Gasteiger partial charge < -0.3 is 3.87 Å². The fraction of sp³-hybridized carbons (Fsp3) is 1.00. The first-order valence-electron chi connectivity index (χ1n) is 7.66. The van der Waals surface area contributed by atoms with Crippen LogP contribution in [-0.2, 0) is 14.0 Å². The largest absolute Gasteiger partial charge is 0.522 e. The predicted molar refractivity (Wildman–Crippen MR) is 109 cm³/mol. The summed E-state index contributed by atoms with van der Waals surface area (Å²) in [7, 11) is -13.2. The summed E-state index contributed by atoms with van der Waals surface area (Å²) in [5, 5.41) is 0. The molecule has 0 unspecified atom stereocenters. The van der Waals surface area contributed by atoms with Crippen molar-refractivity contribution in [3.63, 3.8) is 0 Å². The van der Waals surface area contributed by atoms with Gasteiger partial charge in [0.25, 0.3) is 0 Å². The molecule has 0 fully saturated rings. The Morgan fingerprint density at radius 2 is 1.08 bits per heavy atom. The van der Waals surface area contributed by atoms with E-state index in [1.165, 1.54) is 0 Å². The molecule has 0 saturated carbocycles. The van der Waals surface area contributed by atoms with Crippen LogP contribution in [0.1, 0.15) is 0 Å². The number of rotatable bonds is 6. The van der Waals surface area contributed by atoms with Crippen molar-refractivity contribution in [2.45, 2.75) is 74.9 Å². The van der Waals surface area contributed by atoms with Gasteiger partial charge in [-0.3, -0.25) is 0 Å². The van der Waals surface area contributed by atoms with Crippen molar-refractivity contribution >= 4 is 56.6 Å². The van der Waals surface area contributed by atoms with Crippen molar-refractivity contribution in [1.29, 1.82) is 0 Å². The monoisotopic (exact) mass is 502 g/mol. The van der Waals surface area contributed by atoms with Crippen LogP contribution in [0.2, 0.25) is 69.4 Å². The molecule has 24 heavy (non-hydrogen) atoms. The van der Waals surface area contributed by atoms with Crippen LogP contribution in [0.25, 0.3) is 0 Å². The molecule has 0 aliphatic carbocycles. The molecule has 0 aromatic carbocycles. The fourth-order valence-corrected chi connectivity index (χ4v) is 68.5. The molecule has 0 aromatic rings. The normalized spacial score (nSPS) is 16.4. The zero-order valence-corrected chi connectivity index (χ0v) is 22.5. The van der Waals surface area contributed by atoms with Crippen molar-refractivity contribution < 1.29 is 25.5 Å². The molecule has 0 bridgehead atoms. The Balaban J connectivity index is 6.80. The zero-order chi connectivity index (χ0) is 20.2. The average Bonchev–Trinajstić information content (AvgIpc) is 2.03. The summed E-state index contributed by atoms with van der Waals surface area (Å²) in [6.45, 7) is 17.9. The Labute approximate surface area is 156 Å². The Morgan fingerprint density at radius 3 is 1.25 bits per heavy atom. The molecule has 0 heterocycles. The molecule has 0 atom stereocenters. The van der Waals surface area contributed by atoms with E-state index in [1.807, 2.05) is 0 Å². The molecule has 0 radical (unpaired) electrons. The molecule has 0 N–H and O–H groups in total. The Morgan fingerprint density at radius 1 is 0.792 bits per heavy atom. The first-order valence-corrected chi connectivity index (χ1v) is 24.2. The third-order valence-corrected chi connectivity index (χ3v) is 45.5. The maximum absolute atomic E-state index is 13.0. The van der Waals surface area contributed by atoms with Crippen LogP contribution >= 0.6 is 15.3 Å². The first-order chi connectivity index (χ1) is 9.96. The Hall–Kier alpha value is 1.05. The minimum Gasteiger partial charge on any atom is -0.309 e. The fourth-order valence-electron chi connectivity index (χ4n) is 5.81. The van der Waals surface area contributed by atoms with E-state index in [-0.39, 0.29) is 0 Å². The second-order valence-corrected chi connectivity index (χ2v) is 38.2. The van der Waals surface area contributed by atoms with Gasteiger partial charge in [0.1, 0.15) is 6.69 Å². The number of hydrogen-bond acceptors (Lipinski definition) is 3. The average molecular weight is 504 g/mol. The second-order valence-electron chi connectivity index (χ2n) is 9.22. The highest BCUT2D eigenvalue weighted by Gasteiger charge is 2.71. The summed E-state index contributed by atoms with van der Waals surface area (Å²) >= 11 is 3.85. The summed E-state index contributed by atoms with van der Waals surface area (Å²) in [4.78, 5) is 0. The highest BCUT2D eigenvalue weighted by atomic mass is 79.9. The van der Waals surface area contributed by atoms with E-state index in [4.69, 9.17) is 3.87 Å². The lowest BCUT2D eigenvalue weighted by molar-refractivity contribution is -0.0504. The van der Waals surface area contributed by atoms with Gasteiger partial charge in [-0.2, -0.15) is 21.6 Å². The molecule has 12 heteroatoms. The van der Waals surface area contributed by atoms with Crippen LogP contribution in [0.4, 0.5) is 13.2 Å². The van der Waals surface area contributed by atoms with Crippen LogP contribution in [0.5, 0.6) is 0 Å². The van der Waals surface area contributed by atoms with Gasteiger partial charge in [0.2, 0.25) is 8.32 Å². The van der Waals surface area contributed by atoms with Gasteiger partial charge in [-0.05, 0) is 17.0 Å². The molecular weight excluding hydrogens is 473 g/mol. The highest BCUT2D eigenvalue weighted by molar-refractivity contribution is 9.26. The smallest absolute Gasteiger partial charge is 0.309 e. The maximum atomic E-state index is 13.0. The standard InChI is InChI=1S/C12H30BrF3O3SSi4/c1-21(2,3)12(22(4,5)6,23(7,8)13)24(9,10)19-20(17,18)11(14,15)16/h1-10H3. The Kier molecular flexibility index (Phi) is 6.87.